The van der Waals surface area contributed by atoms with Crippen LogP contribution in [-0.4, -0.2) is 30.1 Å². The van der Waals surface area contributed by atoms with E-state index in [1.807, 2.05) is 58.0 Å². The van der Waals surface area contributed by atoms with E-state index in [0.717, 1.165) is 5.46 Å². The Hall–Kier alpha value is -2.84. The van der Waals surface area contributed by atoms with Crippen LogP contribution in [0.2, 0.25) is 0 Å². The highest BCUT2D eigenvalue weighted by atomic mass is 16.7. The lowest BCUT2D eigenvalue weighted by Gasteiger charge is -2.32. The number of para-hydroxylation sites is 2. The standard InChI is InChI=1S/C21H24BN3O4/c1-12(26)24-15-10-13(22-28-20(2,3)21(4,5)29-22)11-17-18(15)19(23)25-14-8-6-7-9-16(14)27-17/h6-11H,1-5H3,(H2,23,25)(H,24,26). The largest absolute Gasteiger partial charge is 0.495 e. The van der Waals surface area contributed by atoms with E-state index in [1.54, 1.807) is 6.07 Å². The van der Waals surface area contributed by atoms with E-state index in [2.05, 4.69) is 10.3 Å². The summed E-state index contributed by atoms with van der Waals surface area (Å²) in [4.78, 5) is 16.3. The summed E-state index contributed by atoms with van der Waals surface area (Å²) in [6, 6.07) is 11.0. The number of anilines is 1. The van der Waals surface area contributed by atoms with Crippen LogP contribution in [0.1, 0.15) is 40.2 Å². The van der Waals surface area contributed by atoms with Gasteiger partial charge >= 0.3 is 7.12 Å². The summed E-state index contributed by atoms with van der Waals surface area (Å²) < 4.78 is 18.5. The monoisotopic (exact) mass is 393 g/mol. The Kier molecular flexibility index (Phi) is 4.44. The highest BCUT2D eigenvalue weighted by molar-refractivity contribution is 6.62. The molecule has 8 heteroatoms. The van der Waals surface area contributed by atoms with Gasteiger partial charge in [-0.15, -0.1) is 0 Å². The Labute approximate surface area is 170 Å². The highest BCUT2D eigenvalue weighted by Gasteiger charge is 2.52. The van der Waals surface area contributed by atoms with Crippen LogP contribution in [0.15, 0.2) is 41.4 Å². The fourth-order valence-corrected chi connectivity index (χ4v) is 3.32. The third-order valence-electron chi connectivity index (χ3n) is 5.54. The first-order valence-electron chi connectivity index (χ1n) is 9.50. The SMILES string of the molecule is CC(=O)Nc1cc(B2OC(C)(C)C(C)(C)O2)cc2c1C(N)=Nc1ccccc1O2. The number of ether oxygens (including phenoxy) is 1. The molecule has 150 valence electrons. The molecule has 2 aromatic rings. The maximum Gasteiger partial charge on any atom is 0.495 e. The molecule has 3 N–H and O–H groups in total. The van der Waals surface area contributed by atoms with Crippen molar-refractivity contribution >= 4 is 35.7 Å². The van der Waals surface area contributed by atoms with Crippen molar-refractivity contribution in [2.24, 2.45) is 10.7 Å². The number of amides is 1. The molecule has 0 aromatic heterocycles. The third-order valence-corrected chi connectivity index (χ3v) is 5.54. The number of carbonyl (C=O) groups is 1. The average Bonchev–Trinajstić information content (AvgIpc) is 2.74. The molecule has 0 unspecified atom stereocenters. The van der Waals surface area contributed by atoms with Crippen LogP contribution in [0.3, 0.4) is 0 Å². The van der Waals surface area contributed by atoms with E-state index in [1.165, 1.54) is 6.92 Å². The molecule has 0 spiro atoms. The summed E-state index contributed by atoms with van der Waals surface area (Å²) >= 11 is 0. The number of carbonyl (C=O) groups excluding carboxylic acids is 1. The number of aliphatic imine (C=N–C) groups is 1. The molecule has 2 aliphatic rings. The summed E-state index contributed by atoms with van der Waals surface area (Å²) in [7, 11) is -0.613. The Morgan fingerprint density at radius 1 is 1.07 bits per heavy atom. The molecule has 2 aromatic carbocycles. The number of nitrogens with zero attached hydrogens (tertiary/aromatic N) is 1. The summed E-state index contributed by atoms with van der Waals surface area (Å²) in [6.07, 6.45) is 0. The Morgan fingerprint density at radius 2 is 1.72 bits per heavy atom. The minimum atomic E-state index is -0.613. The molecular formula is C21H24BN3O4. The van der Waals surface area contributed by atoms with E-state index in [9.17, 15) is 4.79 Å². The molecule has 0 saturated carbocycles. The van der Waals surface area contributed by atoms with Gasteiger partial charge in [0.1, 0.15) is 17.3 Å². The van der Waals surface area contributed by atoms with Crippen LogP contribution in [0.4, 0.5) is 11.4 Å². The van der Waals surface area contributed by atoms with E-state index in [-0.39, 0.29) is 11.7 Å². The molecule has 0 radical (unpaired) electrons. The molecule has 1 fully saturated rings. The number of hydrogen-bond acceptors (Lipinski definition) is 6. The third kappa shape index (κ3) is 3.38. The van der Waals surface area contributed by atoms with E-state index < -0.39 is 18.3 Å². The number of hydrogen-bond donors (Lipinski definition) is 2. The fourth-order valence-electron chi connectivity index (χ4n) is 3.32. The maximum atomic E-state index is 11.9. The fraction of sp³-hybridized carbons (Fsp3) is 0.333. The smallest absolute Gasteiger partial charge is 0.454 e. The van der Waals surface area contributed by atoms with Crippen LogP contribution < -0.4 is 21.3 Å². The van der Waals surface area contributed by atoms with Gasteiger partial charge in [0.05, 0.1) is 22.5 Å². The molecule has 29 heavy (non-hydrogen) atoms. The van der Waals surface area contributed by atoms with Crippen molar-refractivity contribution in [1.29, 1.82) is 0 Å². The van der Waals surface area contributed by atoms with Crippen LogP contribution >= 0.6 is 0 Å². The molecule has 2 aliphatic heterocycles. The van der Waals surface area contributed by atoms with Crippen LogP contribution in [-0.2, 0) is 14.1 Å². The predicted molar refractivity (Wildman–Crippen MR) is 113 cm³/mol. The molecule has 4 rings (SSSR count). The molecule has 1 saturated heterocycles. The zero-order chi connectivity index (χ0) is 21.0. The Balaban J connectivity index is 1.85. The molecule has 1 amide bonds. The Bertz CT molecular complexity index is 1020. The van der Waals surface area contributed by atoms with Gasteiger partial charge in [-0.1, -0.05) is 12.1 Å². The van der Waals surface area contributed by atoms with Gasteiger partial charge < -0.3 is 25.1 Å². The van der Waals surface area contributed by atoms with E-state index in [0.29, 0.717) is 28.4 Å². The van der Waals surface area contributed by atoms with Crippen LogP contribution in [0.25, 0.3) is 0 Å². The van der Waals surface area contributed by atoms with E-state index >= 15 is 0 Å². The van der Waals surface area contributed by atoms with Gasteiger partial charge in [0, 0.05) is 6.92 Å². The summed E-state index contributed by atoms with van der Waals surface area (Å²) in [6.45, 7) is 9.39. The molecule has 7 nitrogen and oxygen atoms in total. The number of nitrogens with two attached hydrogens (primary N) is 1. The molecule has 0 bridgehead atoms. The highest BCUT2D eigenvalue weighted by Crippen LogP contribution is 2.40. The minimum Gasteiger partial charge on any atom is -0.454 e. The summed E-state index contributed by atoms with van der Waals surface area (Å²) in [5.74, 6) is 1.09. The van der Waals surface area contributed by atoms with Gasteiger partial charge in [-0.3, -0.25) is 4.79 Å². The molecular weight excluding hydrogens is 369 g/mol. The lowest BCUT2D eigenvalue weighted by molar-refractivity contribution is -0.114. The topological polar surface area (TPSA) is 95.2 Å². The Morgan fingerprint density at radius 3 is 2.38 bits per heavy atom. The van der Waals surface area contributed by atoms with Crippen molar-refractivity contribution in [2.45, 2.75) is 45.8 Å². The van der Waals surface area contributed by atoms with Crippen molar-refractivity contribution in [3.8, 4) is 11.5 Å². The van der Waals surface area contributed by atoms with Crippen molar-refractivity contribution < 1.29 is 18.8 Å². The molecule has 0 aliphatic carbocycles. The number of fused-ring (bicyclic) bond motifs is 2. The van der Waals surface area contributed by atoms with Gasteiger partial charge in [-0.25, -0.2) is 4.99 Å². The predicted octanol–water partition coefficient (Wildman–Crippen LogP) is 3.09. The van der Waals surface area contributed by atoms with Gasteiger partial charge in [-0.05, 0) is 57.4 Å². The van der Waals surface area contributed by atoms with Gasteiger partial charge in [0.2, 0.25) is 5.91 Å². The zero-order valence-electron chi connectivity index (χ0n) is 17.2. The lowest BCUT2D eigenvalue weighted by Crippen LogP contribution is -2.41. The summed E-state index contributed by atoms with van der Waals surface area (Å²) in [5.41, 5.74) is 7.65. The average molecular weight is 393 g/mol. The second kappa shape index (κ2) is 6.61. The number of benzene rings is 2. The normalized spacial score (nSPS) is 18.8. The second-order valence-corrected chi connectivity index (χ2v) is 8.28. The maximum absolute atomic E-state index is 11.9. The van der Waals surface area contributed by atoms with Crippen molar-refractivity contribution in [3.63, 3.8) is 0 Å². The van der Waals surface area contributed by atoms with Gasteiger partial charge in [-0.2, -0.15) is 0 Å². The first-order chi connectivity index (χ1) is 13.6. The summed E-state index contributed by atoms with van der Waals surface area (Å²) in [5, 5.41) is 2.83. The lowest BCUT2D eigenvalue weighted by atomic mass is 9.78. The molecule has 0 atom stereocenters. The quantitative estimate of drug-likeness (QED) is 0.765. The number of amidine groups is 1. The number of rotatable bonds is 2. The molecule has 2 heterocycles. The van der Waals surface area contributed by atoms with Crippen molar-refractivity contribution in [2.75, 3.05) is 5.32 Å². The van der Waals surface area contributed by atoms with Gasteiger partial charge in [0.15, 0.2) is 5.75 Å². The second-order valence-electron chi connectivity index (χ2n) is 8.28. The van der Waals surface area contributed by atoms with Gasteiger partial charge in [0.25, 0.3) is 0 Å². The van der Waals surface area contributed by atoms with Crippen molar-refractivity contribution in [3.05, 3.63) is 42.0 Å². The first kappa shape index (κ1) is 19.5. The van der Waals surface area contributed by atoms with Crippen LogP contribution in [0, 0.1) is 0 Å². The minimum absolute atomic E-state index is 0.229. The number of nitrogens with one attached hydrogen (secondary N) is 1. The zero-order valence-corrected chi connectivity index (χ0v) is 17.2. The van der Waals surface area contributed by atoms with Crippen molar-refractivity contribution in [1.82, 2.24) is 0 Å². The first-order valence-corrected chi connectivity index (χ1v) is 9.50. The van der Waals surface area contributed by atoms with E-state index in [4.69, 9.17) is 19.8 Å². The van der Waals surface area contributed by atoms with Crippen LogP contribution in [0.5, 0.6) is 11.5 Å².